The summed E-state index contributed by atoms with van der Waals surface area (Å²) in [7, 11) is 0. The van der Waals surface area contributed by atoms with Gasteiger partial charge in [-0.3, -0.25) is 0 Å². The predicted octanol–water partition coefficient (Wildman–Crippen LogP) is 7.95. The first kappa shape index (κ1) is 24.1. The van der Waals surface area contributed by atoms with Crippen LogP contribution in [0.2, 0.25) is 0 Å². The average Bonchev–Trinajstić information content (AvgIpc) is 2.79. The van der Waals surface area contributed by atoms with Gasteiger partial charge in [0.15, 0.2) is 11.6 Å². The van der Waals surface area contributed by atoms with E-state index < -0.39 is 0 Å². The van der Waals surface area contributed by atoms with Crippen molar-refractivity contribution < 1.29 is 4.74 Å². The predicted molar refractivity (Wildman–Crippen MR) is 128 cm³/mol. The lowest BCUT2D eigenvalue weighted by Crippen LogP contribution is -1.99. The van der Waals surface area contributed by atoms with Gasteiger partial charge in [-0.15, -0.1) is 6.58 Å². The van der Waals surface area contributed by atoms with Crippen molar-refractivity contribution in [3.8, 4) is 17.1 Å². The van der Waals surface area contributed by atoms with Gasteiger partial charge in [-0.2, -0.15) is 0 Å². The van der Waals surface area contributed by atoms with Crippen LogP contribution in [0.3, 0.4) is 0 Å². The molecular formula is C27H40N2O. The van der Waals surface area contributed by atoms with Gasteiger partial charge in [0.1, 0.15) is 0 Å². The molecule has 3 heteroatoms. The first-order valence-electron chi connectivity index (χ1n) is 12.0. The highest BCUT2D eigenvalue weighted by Crippen LogP contribution is 2.19. The summed E-state index contributed by atoms with van der Waals surface area (Å²) in [4.78, 5) is 8.96. The highest BCUT2D eigenvalue weighted by Gasteiger charge is 2.03. The Morgan fingerprint density at radius 1 is 0.800 bits per heavy atom. The van der Waals surface area contributed by atoms with E-state index in [1.807, 2.05) is 6.08 Å². The fourth-order valence-corrected chi connectivity index (χ4v) is 3.58. The fourth-order valence-electron chi connectivity index (χ4n) is 3.58. The summed E-state index contributed by atoms with van der Waals surface area (Å²) in [6.07, 6.45) is 22.0. The van der Waals surface area contributed by atoms with E-state index in [1.54, 1.807) is 12.4 Å². The van der Waals surface area contributed by atoms with E-state index in [4.69, 9.17) is 4.74 Å². The summed E-state index contributed by atoms with van der Waals surface area (Å²) in [5, 5.41) is 0. The monoisotopic (exact) mass is 408 g/mol. The number of aryl methyl sites for hydroxylation is 1. The molecule has 0 fully saturated rings. The lowest BCUT2D eigenvalue weighted by molar-refractivity contribution is 0.302. The molecule has 0 spiro atoms. The van der Waals surface area contributed by atoms with Crippen LogP contribution in [-0.2, 0) is 6.42 Å². The molecule has 30 heavy (non-hydrogen) atoms. The van der Waals surface area contributed by atoms with Crippen LogP contribution >= 0.6 is 0 Å². The summed E-state index contributed by atoms with van der Waals surface area (Å²) in [6, 6.07) is 8.70. The molecule has 0 bridgehead atoms. The number of unbranched alkanes of at least 4 members (excludes halogenated alkanes) is 10. The molecule has 0 atom stereocenters. The standard InChI is InChI=1S/C27H40N2O/c1-3-5-7-9-11-12-14-16-24-17-19-25(20-18-24)27-28-22-26(23-29-27)30-21-15-13-10-8-6-4-2/h4,17-20,22-23H,2-3,5-16,21H2,1H3. The highest BCUT2D eigenvalue weighted by atomic mass is 16.5. The fraction of sp³-hybridized carbons (Fsp3) is 0.556. The Morgan fingerprint density at radius 3 is 2.13 bits per heavy atom. The number of ether oxygens (including phenoxy) is 1. The molecule has 3 nitrogen and oxygen atoms in total. The molecule has 0 saturated carbocycles. The number of benzene rings is 1. The molecule has 1 aromatic heterocycles. The number of nitrogens with zero attached hydrogens (tertiary/aromatic N) is 2. The van der Waals surface area contributed by atoms with Crippen LogP contribution in [0.4, 0.5) is 0 Å². The van der Waals surface area contributed by atoms with E-state index in [0.717, 1.165) is 43.0 Å². The van der Waals surface area contributed by atoms with Crippen LogP contribution in [-0.4, -0.2) is 16.6 Å². The topological polar surface area (TPSA) is 35.0 Å². The Kier molecular flexibility index (Phi) is 12.6. The maximum atomic E-state index is 5.76. The number of hydrogen-bond acceptors (Lipinski definition) is 3. The zero-order valence-corrected chi connectivity index (χ0v) is 19.0. The van der Waals surface area contributed by atoms with Crippen LogP contribution < -0.4 is 4.74 Å². The molecule has 164 valence electrons. The minimum absolute atomic E-state index is 0.726. The molecule has 2 aromatic rings. The quantitative estimate of drug-likeness (QED) is 0.197. The van der Waals surface area contributed by atoms with Gasteiger partial charge in [-0.25, -0.2) is 9.97 Å². The largest absolute Gasteiger partial charge is 0.490 e. The van der Waals surface area contributed by atoms with Gasteiger partial charge < -0.3 is 4.74 Å². The normalized spacial score (nSPS) is 10.8. The van der Waals surface area contributed by atoms with Crippen LogP contribution in [0, 0.1) is 0 Å². The van der Waals surface area contributed by atoms with Crippen LogP contribution in [0.25, 0.3) is 11.4 Å². The number of allylic oxidation sites excluding steroid dienone is 1. The van der Waals surface area contributed by atoms with Crippen molar-refractivity contribution in [2.75, 3.05) is 6.61 Å². The molecule has 0 unspecified atom stereocenters. The third-order valence-electron chi connectivity index (χ3n) is 5.48. The Bertz CT molecular complexity index is 679. The molecule has 0 aliphatic carbocycles. The molecule has 0 amide bonds. The van der Waals surface area contributed by atoms with Gasteiger partial charge in [0.25, 0.3) is 0 Å². The van der Waals surface area contributed by atoms with E-state index in [0.29, 0.717) is 0 Å². The first-order valence-corrected chi connectivity index (χ1v) is 12.0. The minimum Gasteiger partial charge on any atom is -0.490 e. The van der Waals surface area contributed by atoms with E-state index in [-0.39, 0.29) is 0 Å². The second-order valence-corrected chi connectivity index (χ2v) is 8.15. The van der Waals surface area contributed by atoms with Gasteiger partial charge >= 0.3 is 0 Å². The van der Waals surface area contributed by atoms with Gasteiger partial charge in [-0.1, -0.05) is 88.6 Å². The van der Waals surface area contributed by atoms with Crippen molar-refractivity contribution in [1.29, 1.82) is 0 Å². The smallest absolute Gasteiger partial charge is 0.159 e. The third-order valence-corrected chi connectivity index (χ3v) is 5.48. The maximum Gasteiger partial charge on any atom is 0.159 e. The second kappa shape index (κ2) is 15.6. The summed E-state index contributed by atoms with van der Waals surface area (Å²) in [5.74, 6) is 1.51. The molecule has 1 aromatic carbocycles. The SMILES string of the molecule is C=CCCCCCCOc1cnc(-c2ccc(CCCCCCCCC)cc2)nc1. The van der Waals surface area contributed by atoms with Crippen molar-refractivity contribution >= 4 is 0 Å². The molecule has 2 rings (SSSR count). The summed E-state index contributed by atoms with van der Waals surface area (Å²) in [5.41, 5.74) is 2.47. The van der Waals surface area contributed by atoms with Crippen molar-refractivity contribution in [3.05, 3.63) is 54.9 Å². The molecule has 0 aliphatic rings. The summed E-state index contributed by atoms with van der Waals surface area (Å²) < 4.78 is 5.76. The second-order valence-electron chi connectivity index (χ2n) is 8.15. The third kappa shape index (κ3) is 10.0. The van der Waals surface area contributed by atoms with Crippen molar-refractivity contribution in [2.24, 2.45) is 0 Å². The molecular weight excluding hydrogens is 368 g/mol. The van der Waals surface area contributed by atoms with Gasteiger partial charge in [0.05, 0.1) is 19.0 Å². The van der Waals surface area contributed by atoms with E-state index in [9.17, 15) is 0 Å². The Morgan fingerprint density at radius 2 is 1.43 bits per heavy atom. The molecule has 0 radical (unpaired) electrons. The highest BCUT2D eigenvalue weighted by molar-refractivity contribution is 5.55. The summed E-state index contributed by atoms with van der Waals surface area (Å²) in [6.45, 7) is 6.75. The Labute approximate surface area is 184 Å². The first-order chi connectivity index (χ1) is 14.8. The number of aromatic nitrogens is 2. The zero-order valence-electron chi connectivity index (χ0n) is 19.0. The average molecular weight is 409 g/mol. The van der Waals surface area contributed by atoms with Crippen molar-refractivity contribution in [2.45, 2.75) is 90.4 Å². The van der Waals surface area contributed by atoms with Crippen LogP contribution in [0.1, 0.15) is 89.5 Å². The Hall–Kier alpha value is -2.16. The molecule has 1 heterocycles. The number of rotatable bonds is 17. The van der Waals surface area contributed by atoms with E-state index >= 15 is 0 Å². The van der Waals surface area contributed by atoms with E-state index in [2.05, 4.69) is 47.7 Å². The molecule has 0 N–H and O–H groups in total. The Balaban J connectivity index is 1.66. The van der Waals surface area contributed by atoms with E-state index in [1.165, 1.54) is 69.8 Å². The maximum absolute atomic E-state index is 5.76. The lowest BCUT2D eigenvalue weighted by Gasteiger charge is -2.07. The number of hydrogen-bond donors (Lipinski definition) is 0. The van der Waals surface area contributed by atoms with Crippen LogP contribution in [0.15, 0.2) is 49.3 Å². The van der Waals surface area contributed by atoms with Crippen LogP contribution in [0.5, 0.6) is 5.75 Å². The van der Waals surface area contributed by atoms with Gasteiger partial charge in [0.2, 0.25) is 0 Å². The van der Waals surface area contributed by atoms with Gasteiger partial charge in [-0.05, 0) is 37.7 Å². The zero-order chi connectivity index (χ0) is 21.3. The van der Waals surface area contributed by atoms with Crippen molar-refractivity contribution in [1.82, 2.24) is 9.97 Å². The summed E-state index contributed by atoms with van der Waals surface area (Å²) >= 11 is 0. The molecule has 0 saturated heterocycles. The van der Waals surface area contributed by atoms with Crippen molar-refractivity contribution in [3.63, 3.8) is 0 Å². The van der Waals surface area contributed by atoms with Gasteiger partial charge in [0, 0.05) is 5.56 Å². The lowest BCUT2D eigenvalue weighted by atomic mass is 10.0. The molecule has 0 aliphatic heterocycles. The minimum atomic E-state index is 0.726.